The Morgan fingerprint density at radius 3 is 0.594 bits per heavy atom. The normalized spacial score (nSPS) is 43.7. The first-order chi connectivity index (χ1) is 51.4. The van der Waals surface area contributed by atoms with Gasteiger partial charge in [0.15, 0.2) is 44.0 Å². The first kappa shape index (κ1) is 89.5. The van der Waals surface area contributed by atoms with Crippen molar-refractivity contribution in [1.82, 2.24) is 10.6 Å². The lowest BCUT2D eigenvalue weighted by Crippen LogP contribution is -2.69. The summed E-state index contributed by atoms with van der Waals surface area (Å²) in [6.45, 7) is 0.472. The maximum atomic E-state index is 14.1. The van der Waals surface area contributed by atoms with Gasteiger partial charge in [-0.1, -0.05) is 0 Å². The van der Waals surface area contributed by atoms with Crippen LogP contribution in [0.25, 0.3) is 0 Å². The smallest absolute Gasteiger partial charge is 0.243 e. The first-order valence-corrected chi connectivity index (χ1v) is 35.7. The summed E-state index contributed by atoms with van der Waals surface area (Å²) in [6, 6.07) is -1.06. The quantitative estimate of drug-likeness (QED) is 0.0600. The van der Waals surface area contributed by atoms with E-state index in [9.17, 15) is 9.59 Å². The van der Waals surface area contributed by atoms with Gasteiger partial charge in [-0.3, -0.25) is 9.59 Å². The Morgan fingerprint density at radius 1 is 0.274 bits per heavy atom. The molecule has 0 aromatic rings. The Labute approximate surface area is 625 Å². The minimum absolute atomic E-state index is 0.0579. The molecular weight excluding hydrogens is 1440 g/mol. The summed E-state index contributed by atoms with van der Waals surface area (Å²) in [7, 11) is 29.6. The number of hydrogen-bond acceptors (Lipinski definition) is 37. The lowest BCUT2D eigenvalue weighted by molar-refractivity contribution is -0.402. The van der Waals surface area contributed by atoms with Crippen LogP contribution in [0.2, 0.25) is 0 Å². The molecule has 21 aliphatic rings. The summed E-state index contributed by atoms with van der Waals surface area (Å²) < 4.78 is 221. The third-order valence-corrected chi connectivity index (χ3v) is 20.7. The number of carbonyl (C=O) groups is 2. The first-order valence-electron chi connectivity index (χ1n) is 35.1. The van der Waals surface area contributed by atoms with Crippen LogP contribution in [0.15, 0.2) is 0 Å². The summed E-state index contributed by atoms with van der Waals surface area (Å²) in [5.74, 6) is -1.12. The molecule has 21 aliphatic heterocycles. The number of methoxy groups -OCH3 is 20. The van der Waals surface area contributed by atoms with Crippen molar-refractivity contribution < 1.29 is 171 Å². The highest BCUT2D eigenvalue weighted by Gasteiger charge is 2.62. The number of amides is 2. The van der Waals surface area contributed by atoms with Crippen molar-refractivity contribution in [3.8, 4) is 0 Å². The number of hydrogen-bond donors (Lipinski definition) is 3. The topological polar surface area (TPSA) is 372 Å². The van der Waals surface area contributed by atoms with Crippen molar-refractivity contribution in [2.75, 3.05) is 194 Å². The van der Waals surface area contributed by atoms with E-state index in [-0.39, 0.29) is 51.9 Å². The average Bonchev–Trinajstić information content (AvgIpc) is 0.769. The molecule has 0 saturated carbocycles. The minimum atomic E-state index is -1.40. The molecule has 0 aromatic heterocycles. The zero-order valence-electron chi connectivity index (χ0n) is 64.6. The zero-order valence-corrected chi connectivity index (χ0v) is 65.5. The molecule has 0 unspecified atom stereocenters. The number of nitrogens with one attached hydrogen (secondary N) is 2. The number of ether oxygens (including phenoxy) is 34. The van der Waals surface area contributed by atoms with Crippen LogP contribution in [0.5, 0.6) is 0 Å². The molecule has 0 radical (unpaired) electrons. The van der Waals surface area contributed by atoms with Crippen molar-refractivity contribution in [3.05, 3.63) is 0 Å². The number of carbonyl (C=O) groups excluding carboxylic acids is 2. The van der Waals surface area contributed by atoms with E-state index >= 15 is 0 Å². The van der Waals surface area contributed by atoms with Crippen LogP contribution in [0.4, 0.5) is 0 Å². The summed E-state index contributed by atoms with van der Waals surface area (Å²) in [5, 5.41) is 5.53. The van der Waals surface area contributed by atoms with Crippen LogP contribution in [0.1, 0.15) is 6.92 Å². The van der Waals surface area contributed by atoms with Crippen LogP contribution in [-0.4, -0.2) is 427 Å². The van der Waals surface area contributed by atoms with Gasteiger partial charge in [0, 0.05) is 161 Å². The van der Waals surface area contributed by atoms with Gasteiger partial charge in [0.05, 0.1) is 39.6 Å². The fraction of sp³-hybridized carbons (Fsp3) is 0.970. The molecule has 39 heteroatoms. The van der Waals surface area contributed by atoms with E-state index in [4.69, 9.17) is 161 Å². The molecule has 14 bridgehead atoms. The van der Waals surface area contributed by atoms with Gasteiger partial charge in [0.1, 0.15) is 177 Å². The van der Waals surface area contributed by atoms with Gasteiger partial charge in [-0.2, -0.15) is 12.6 Å². The molecule has 21 fully saturated rings. The number of rotatable bonds is 31. The molecule has 0 aromatic carbocycles. The van der Waals surface area contributed by atoms with Gasteiger partial charge in [-0.15, -0.1) is 0 Å². The second kappa shape index (κ2) is 44.0. The molecule has 21 heterocycles. The maximum Gasteiger partial charge on any atom is 0.243 e. The van der Waals surface area contributed by atoms with E-state index in [1.807, 2.05) is 0 Å². The van der Waals surface area contributed by atoms with Gasteiger partial charge >= 0.3 is 0 Å². The molecule has 2 amide bonds. The highest BCUT2D eigenvalue weighted by Crippen LogP contribution is 2.43. The van der Waals surface area contributed by atoms with E-state index in [1.165, 1.54) is 149 Å². The molecule has 36 atom stereocenters. The van der Waals surface area contributed by atoms with Gasteiger partial charge < -0.3 is 172 Å². The Bertz CT molecular complexity index is 2510. The van der Waals surface area contributed by atoms with Crippen molar-refractivity contribution in [2.45, 2.75) is 228 Å². The van der Waals surface area contributed by atoms with E-state index in [2.05, 4.69) is 23.3 Å². The van der Waals surface area contributed by atoms with Crippen molar-refractivity contribution >= 4 is 24.4 Å². The molecule has 0 spiro atoms. The third kappa shape index (κ3) is 20.2. The predicted octanol–water partition coefficient (Wildman–Crippen LogP) is -2.59. The fourth-order valence-electron chi connectivity index (χ4n) is 15.5. The van der Waals surface area contributed by atoms with E-state index in [1.54, 1.807) is 0 Å². The maximum absolute atomic E-state index is 14.1. The molecule has 2 N–H and O–H groups in total. The predicted molar refractivity (Wildman–Crippen MR) is 362 cm³/mol. The van der Waals surface area contributed by atoms with Crippen molar-refractivity contribution in [2.24, 2.45) is 0 Å². The Morgan fingerprint density at radius 2 is 0.443 bits per heavy atom. The van der Waals surface area contributed by atoms with Crippen LogP contribution in [0.3, 0.4) is 0 Å². The largest absolute Gasteiger partial charge is 0.382 e. The Kier molecular flexibility index (Phi) is 37.1. The summed E-state index contributed by atoms with van der Waals surface area (Å²) in [4.78, 5) is 26.4. The molecule has 21 saturated heterocycles. The monoisotopic (exact) mass is 1560 g/mol. The average molecular weight is 1560 g/mol. The van der Waals surface area contributed by atoms with Crippen LogP contribution < -0.4 is 10.6 Å². The van der Waals surface area contributed by atoms with Gasteiger partial charge in [0.25, 0.3) is 0 Å². The Balaban J connectivity index is 1.26. The van der Waals surface area contributed by atoms with E-state index in [0.717, 1.165) is 0 Å². The van der Waals surface area contributed by atoms with E-state index < -0.39 is 233 Å². The van der Waals surface area contributed by atoms with Gasteiger partial charge in [0.2, 0.25) is 11.8 Å². The second-order valence-electron chi connectivity index (χ2n) is 26.2. The van der Waals surface area contributed by atoms with Gasteiger partial charge in [-0.25, -0.2) is 0 Å². The standard InChI is InChI=1S/C67H118N2O36S/c1-30(70)69-31(29-106)60(71)68-22-32-39-46(78-8)53(85-15)61(92-32)100-40-33(23-72-2)94-63(55(87-17)47(40)79-9)102-42-35(25-74-4)96-65(57(89-19)49(42)81-11)104-44-37(27-76-6)98-67(59(91-21)51(44)83-13)105-45-38(28-77-7)97-66(58(90-20)52(45)84-14)103-43-36(26-75-5)95-64(56(88-18)50(43)82-12)101-41-34(24-73-3)93-62(99-39)54(86-16)48(41)80-10/h31-59,61-67,106H,22-29H2,1-21H3,(H,68,71)(H,69,70)/t31-,32+,33+,34+,35+,36+,37+,38+,39+,40+,41+,42+,43+,44+,45+,46-,47-,48-,49-,50-,51-,52-,53+,54+,55+,56+,57+,58+,59+,61+,62+,63+,64+,65+,66+,67+/m0/s1. The molecule has 106 heavy (non-hydrogen) atoms. The highest BCUT2D eigenvalue weighted by atomic mass is 32.1. The van der Waals surface area contributed by atoms with Crippen molar-refractivity contribution in [1.29, 1.82) is 0 Å². The fourth-order valence-corrected chi connectivity index (χ4v) is 15.7. The van der Waals surface area contributed by atoms with Gasteiger partial charge in [-0.05, 0) is 0 Å². The lowest BCUT2D eigenvalue weighted by Gasteiger charge is -2.52. The van der Waals surface area contributed by atoms with Crippen LogP contribution >= 0.6 is 12.6 Å². The Hall–Kier alpha value is -2.07. The summed E-state index contributed by atoms with van der Waals surface area (Å²) in [6.07, 6.45) is -38.8. The van der Waals surface area contributed by atoms with Crippen LogP contribution in [-0.2, 0) is 171 Å². The molecule has 38 nitrogen and oxygen atoms in total. The zero-order chi connectivity index (χ0) is 77.1. The minimum Gasteiger partial charge on any atom is -0.382 e. The molecule has 0 aliphatic carbocycles. The summed E-state index contributed by atoms with van der Waals surface area (Å²) in [5.41, 5.74) is 0. The van der Waals surface area contributed by atoms with E-state index in [0.29, 0.717) is 0 Å². The highest BCUT2D eigenvalue weighted by molar-refractivity contribution is 7.80. The SMILES string of the molecule is COC[C@H]1O[C@@H]2O[C@H]3[C@H](OC)[C@@H](OC)[C@@H](O[C@H]4[C@H](OC)[C@@H](OC)[C@@H](O[C@H]5[C@H](OC)[C@@H](OC)[C@@H](O[C@H]6[C@H](OC)[C@@H](OC)[C@@H](O[C@H]7[C@H](OC)[C@@H](OC)[C@@H](O[C@H]8[C@H](OC)[C@@H](OC)[C@@H](O[C@H]1[C@H](OC)[C@H]2OC)O[C@@H]8CNC(=O)[C@H](CS)NC(C)=O)O[C@@H]7COC)O[C@@H]6COC)O[C@@H]5COC)O[C@@H]4COC)O[C@@H]3COC. The lowest BCUT2D eigenvalue weighted by atomic mass is 9.94. The second-order valence-corrected chi connectivity index (χ2v) is 26.6. The molecule has 618 valence electrons. The van der Waals surface area contributed by atoms with Crippen molar-refractivity contribution in [3.63, 3.8) is 0 Å². The third-order valence-electron chi connectivity index (χ3n) is 20.3. The van der Waals surface area contributed by atoms with Crippen LogP contribution in [0, 0.1) is 0 Å². The summed E-state index contributed by atoms with van der Waals surface area (Å²) >= 11 is 4.38. The molecular formula is C67H118N2O36S. The number of thiol groups is 1. The molecule has 21 rings (SSSR count).